The van der Waals surface area contributed by atoms with Crippen LogP contribution in [0.25, 0.3) is 5.69 Å². The van der Waals surface area contributed by atoms with Crippen molar-refractivity contribution in [2.24, 2.45) is 0 Å². The number of aromatic nitrogens is 3. The van der Waals surface area contributed by atoms with Crippen LogP contribution in [0.3, 0.4) is 0 Å². The van der Waals surface area contributed by atoms with Gasteiger partial charge in [0.25, 0.3) is 0 Å². The molecule has 1 aliphatic rings. The molecule has 0 unspecified atom stereocenters. The molecule has 0 amide bonds. The zero-order chi connectivity index (χ0) is 23.2. The number of ketones is 1. The molecule has 1 N–H and O–H groups in total. The van der Waals surface area contributed by atoms with E-state index in [1.807, 2.05) is 0 Å². The number of nitrogens with zero attached hydrogens (tertiary/aromatic N) is 3. The molecular formula is C20H12ClF4N3O4. The molecule has 3 aromatic rings. The molecule has 0 saturated carbocycles. The first-order chi connectivity index (χ1) is 15.1. The van der Waals surface area contributed by atoms with Crippen LogP contribution in [-0.4, -0.2) is 38.2 Å². The molecule has 1 aromatic carbocycles. The number of carboxylic acid groups (broad SMARTS) is 1. The van der Waals surface area contributed by atoms with E-state index in [4.69, 9.17) is 21.4 Å². The van der Waals surface area contributed by atoms with Crippen molar-refractivity contribution in [3.8, 4) is 11.6 Å². The molecule has 2 aromatic heterocycles. The van der Waals surface area contributed by atoms with Crippen molar-refractivity contribution < 1.29 is 37.0 Å². The van der Waals surface area contributed by atoms with E-state index in [1.165, 1.54) is 0 Å². The molecule has 0 radical (unpaired) electrons. The summed E-state index contributed by atoms with van der Waals surface area (Å²) in [6.07, 6.45) is -3.36. The first-order valence-corrected chi connectivity index (χ1v) is 9.51. The minimum absolute atomic E-state index is 0.0184. The van der Waals surface area contributed by atoms with Crippen LogP contribution < -0.4 is 4.74 Å². The highest BCUT2D eigenvalue weighted by Gasteiger charge is 2.39. The number of rotatable bonds is 4. The average Bonchev–Trinajstić information content (AvgIpc) is 3.12. The van der Waals surface area contributed by atoms with Crippen LogP contribution in [0.4, 0.5) is 17.6 Å². The summed E-state index contributed by atoms with van der Waals surface area (Å²) in [5, 5.41) is 12.4. The van der Waals surface area contributed by atoms with Crippen LogP contribution >= 0.6 is 11.6 Å². The van der Waals surface area contributed by atoms with Gasteiger partial charge in [0.1, 0.15) is 22.4 Å². The van der Waals surface area contributed by atoms with Crippen molar-refractivity contribution >= 4 is 23.4 Å². The number of aromatic carboxylic acids is 1. The molecule has 1 aliphatic heterocycles. The number of hydrogen-bond acceptors (Lipinski definition) is 5. The minimum atomic E-state index is -4.88. The highest BCUT2D eigenvalue weighted by atomic mass is 35.5. The van der Waals surface area contributed by atoms with Gasteiger partial charge in [-0.3, -0.25) is 4.79 Å². The first kappa shape index (κ1) is 21.8. The third-order valence-electron chi connectivity index (χ3n) is 4.82. The molecule has 0 spiro atoms. The summed E-state index contributed by atoms with van der Waals surface area (Å²) in [7, 11) is 0. The van der Waals surface area contributed by atoms with Crippen LogP contribution in [0.15, 0.2) is 30.5 Å². The van der Waals surface area contributed by atoms with E-state index in [1.54, 1.807) is 0 Å². The Labute approximate surface area is 182 Å². The third-order valence-corrected chi connectivity index (χ3v) is 5.11. The lowest BCUT2D eigenvalue weighted by Crippen LogP contribution is -2.17. The lowest BCUT2D eigenvalue weighted by Gasteiger charge is -2.16. The van der Waals surface area contributed by atoms with E-state index >= 15 is 0 Å². The number of pyridine rings is 1. The van der Waals surface area contributed by atoms with E-state index in [-0.39, 0.29) is 41.4 Å². The van der Waals surface area contributed by atoms with Gasteiger partial charge in [0.05, 0.1) is 23.3 Å². The monoisotopic (exact) mass is 469 g/mol. The molecule has 4 rings (SSSR count). The maximum atomic E-state index is 14.6. The Balaban J connectivity index is 1.90. The van der Waals surface area contributed by atoms with Gasteiger partial charge in [-0.2, -0.15) is 23.0 Å². The zero-order valence-electron chi connectivity index (χ0n) is 15.9. The SMILES string of the molecule is O=C(O)c1ccc(-n2nc(C(=O)c3c(C(F)(F)F)ccnc3Cl)c3c2OCCC3)c(F)c1. The number of fused-ring (bicyclic) bond motifs is 1. The number of ether oxygens (including phenoxy) is 1. The summed E-state index contributed by atoms with van der Waals surface area (Å²) in [4.78, 5) is 27.8. The number of carboxylic acids is 1. The number of carbonyl (C=O) groups is 2. The Bertz CT molecular complexity index is 1260. The van der Waals surface area contributed by atoms with Gasteiger partial charge in [-0.05, 0) is 37.1 Å². The Hall–Kier alpha value is -3.47. The van der Waals surface area contributed by atoms with Gasteiger partial charge >= 0.3 is 12.1 Å². The fraction of sp³-hybridized carbons (Fsp3) is 0.200. The zero-order valence-corrected chi connectivity index (χ0v) is 16.7. The normalized spacial score (nSPS) is 13.4. The van der Waals surface area contributed by atoms with Crippen molar-refractivity contribution in [1.29, 1.82) is 0 Å². The topological polar surface area (TPSA) is 94.3 Å². The van der Waals surface area contributed by atoms with Gasteiger partial charge in [-0.15, -0.1) is 0 Å². The molecule has 12 heteroatoms. The lowest BCUT2D eigenvalue weighted by atomic mass is 9.99. The number of alkyl halides is 3. The summed E-state index contributed by atoms with van der Waals surface area (Å²) >= 11 is 5.85. The Morgan fingerprint density at radius 1 is 1.22 bits per heavy atom. The maximum absolute atomic E-state index is 14.6. The maximum Gasteiger partial charge on any atom is 0.417 e. The van der Waals surface area contributed by atoms with Crippen LogP contribution in [0.2, 0.25) is 5.15 Å². The van der Waals surface area contributed by atoms with Gasteiger partial charge in [-0.1, -0.05) is 11.6 Å². The predicted octanol–water partition coefficient (Wildman–Crippen LogP) is 4.33. The molecule has 0 aliphatic carbocycles. The second-order valence-corrected chi connectivity index (χ2v) is 7.18. The average molecular weight is 470 g/mol. The largest absolute Gasteiger partial charge is 0.478 e. The third kappa shape index (κ3) is 3.68. The number of benzene rings is 1. The Kier molecular flexibility index (Phi) is 5.37. The van der Waals surface area contributed by atoms with Crippen molar-refractivity contribution in [2.75, 3.05) is 6.61 Å². The van der Waals surface area contributed by atoms with Crippen molar-refractivity contribution in [3.63, 3.8) is 0 Å². The highest BCUT2D eigenvalue weighted by molar-refractivity contribution is 6.34. The van der Waals surface area contributed by atoms with Gasteiger partial charge in [0, 0.05) is 11.8 Å². The molecule has 7 nitrogen and oxygen atoms in total. The molecule has 32 heavy (non-hydrogen) atoms. The van der Waals surface area contributed by atoms with E-state index in [0.29, 0.717) is 12.5 Å². The smallest absolute Gasteiger partial charge is 0.417 e. The Morgan fingerprint density at radius 2 is 1.97 bits per heavy atom. The summed E-state index contributed by atoms with van der Waals surface area (Å²) in [5.74, 6) is -3.48. The second-order valence-electron chi connectivity index (χ2n) is 6.82. The molecule has 166 valence electrons. The summed E-state index contributed by atoms with van der Waals surface area (Å²) in [6.45, 7) is 0.211. The minimum Gasteiger partial charge on any atom is -0.478 e. The fourth-order valence-electron chi connectivity index (χ4n) is 3.39. The van der Waals surface area contributed by atoms with Crippen LogP contribution in [0.5, 0.6) is 5.88 Å². The van der Waals surface area contributed by atoms with E-state index < -0.39 is 40.0 Å². The summed E-state index contributed by atoms with van der Waals surface area (Å²) in [5.41, 5.74) is -2.90. The summed E-state index contributed by atoms with van der Waals surface area (Å²) in [6, 6.07) is 3.63. The quantitative estimate of drug-likeness (QED) is 0.347. The van der Waals surface area contributed by atoms with E-state index in [9.17, 15) is 27.2 Å². The molecule has 3 heterocycles. The number of carbonyl (C=O) groups excluding carboxylic acids is 1. The van der Waals surface area contributed by atoms with Crippen LogP contribution in [-0.2, 0) is 12.6 Å². The van der Waals surface area contributed by atoms with Crippen LogP contribution in [0, 0.1) is 5.82 Å². The fourth-order valence-corrected chi connectivity index (χ4v) is 3.63. The molecular weight excluding hydrogens is 458 g/mol. The standard InChI is InChI=1S/C20H12ClF4N3O4/c21-17-14(11(5-6-26-17)20(23,24)25)16(29)15-10-2-1-7-32-18(10)28(27-15)13-4-3-9(19(30)31)8-12(13)22/h3-6,8H,1-2,7H2,(H,30,31). The van der Waals surface area contributed by atoms with Crippen molar-refractivity contribution in [3.05, 3.63) is 69.4 Å². The van der Waals surface area contributed by atoms with E-state index in [2.05, 4.69) is 10.1 Å². The Morgan fingerprint density at radius 3 is 2.62 bits per heavy atom. The molecule has 0 bridgehead atoms. The van der Waals surface area contributed by atoms with E-state index in [0.717, 1.165) is 29.1 Å². The van der Waals surface area contributed by atoms with Gasteiger partial charge in [0.2, 0.25) is 11.7 Å². The number of halogens is 5. The molecule has 0 atom stereocenters. The number of hydrogen-bond donors (Lipinski definition) is 1. The van der Waals surface area contributed by atoms with Crippen molar-refractivity contribution in [1.82, 2.24) is 14.8 Å². The second kappa shape index (κ2) is 7.90. The van der Waals surface area contributed by atoms with Crippen molar-refractivity contribution in [2.45, 2.75) is 19.0 Å². The predicted molar refractivity (Wildman–Crippen MR) is 102 cm³/mol. The lowest BCUT2D eigenvalue weighted by molar-refractivity contribution is -0.137. The van der Waals surface area contributed by atoms with Gasteiger partial charge in [0.15, 0.2) is 0 Å². The molecule has 0 saturated heterocycles. The first-order valence-electron chi connectivity index (χ1n) is 9.14. The highest BCUT2D eigenvalue weighted by Crippen LogP contribution is 2.38. The van der Waals surface area contributed by atoms with Gasteiger partial charge in [-0.25, -0.2) is 14.2 Å². The molecule has 0 fully saturated rings. The summed E-state index contributed by atoms with van der Waals surface area (Å²) < 4.78 is 61.6. The van der Waals surface area contributed by atoms with Gasteiger partial charge < -0.3 is 9.84 Å². The van der Waals surface area contributed by atoms with Crippen LogP contribution in [0.1, 0.15) is 44.0 Å².